The Balaban J connectivity index is 1.82. The maximum absolute atomic E-state index is 12.7. The molecule has 0 aliphatic heterocycles. The van der Waals surface area contributed by atoms with Gasteiger partial charge in [0.15, 0.2) is 5.78 Å². The van der Waals surface area contributed by atoms with Gasteiger partial charge in [-0.2, -0.15) is 5.10 Å². The summed E-state index contributed by atoms with van der Waals surface area (Å²) in [6.45, 7) is 6.18. The largest absolute Gasteiger partial charge is 0.494 e. The average molecular weight is 360 g/mol. The molecule has 0 saturated heterocycles. The van der Waals surface area contributed by atoms with Gasteiger partial charge in [-0.15, -0.1) is 0 Å². The second kappa shape index (κ2) is 8.55. The molecule has 0 aliphatic rings. The predicted molar refractivity (Wildman–Crippen MR) is 96.0 cm³/mol. The van der Waals surface area contributed by atoms with Crippen LogP contribution in [0.1, 0.15) is 46.1 Å². The Labute approximate surface area is 152 Å². The van der Waals surface area contributed by atoms with Gasteiger partial charge in [0.25, 0.3) is 5.69 Å². The number of nitro benzene ring substituents is 1. The van der Waals surface area contributed by atoms with Crippen molar-refractivity contribution in [3.63, 3.8) is 0 Å². The molecule has 0 saturated carbocycles. The fourth-order valence-electron chi connectivity index (χ4n) is 2.56. The number of rotatable bonds is 9. The van der Waals surface area contributed by atoms with Crippen molar-refractivity contribution in [3.8, 4) is 5.75 Å². The lowest BCUT2D eigenvalue weighted by atomic mass is 9.85. The van der Waals surface area contributed by atoms with Crippen molar-refractivity contribution in [2.45, 2.75) is 46.1 Å². The van der Waals surface area contributed by atoms with E-state index in [1.807, 2.05) is 20.8 Å². The van der Waals surface area contributed by atoms with Crippen molar-refractivity contribution in [1.82, 2.24) is 14.8 Å². The van der Waals surface area contributed by atoms with E-state index in [2.05, 4.69) is 10.1 Å². The number of carbonyl (C=O) groups excluding carboxylic acids is 1. The van der Waals surface area contributed by atoms with Gasteiger partial charge in [-0.25, -0.2) is 9.67 Å². The van der Waals surface area contributed by atoms with Gasteiger partial charge >= 0.3 is 0 Å². The molecular weight excluding hydrogens is 336 g/mol. The van der Waals surface area contributed by atoms with Crippen LogP contribution in [0.5, 0.6) is 5.75 Å². The fraction of sp³-hybridized carbons (Fsp3) is 0.500. The van der Waals surface area contributed by atoms with Crippen molar-refractivity contribution < 1.29 is 14.5 Å². The van der Waals surface area contributed by atoms with Crippen molar-refractivity contribution in [2.75, 3.05) is 6.61 Å². The molecule has 0 amide bonds. The zero-order chi connectivity index (χ0) is 19.2. The summed E-state index contributed by atoms with van der Waals surface area (Å²) in [7, 11) is 0. The van der Waals surface area contributed by atoms with E-state index in [9.17, 15) is 14.9 Å². The molecule has 0 radical (unpaired) electrons. The van der Waals surface area contributed by atoms with Crippen LogP contribution in [-0.2, 0) is 4.79 Å². The minimum Gasteiger partial charge on any atom is -0.494 e. The second-order valence-electron chi connectivity index (χ2n) is 7.10. The third kappa shape index (κ3) is 5.37. The highest BCUT2D eigenvalue weighted by molar-refractivity contribution is 5.87. The Morgan fingerprint density at radius 3 is 2.50 bits per heavy atom. The third-order valence-corrected chi connectivity index (χ3v) is 3.99. The first-order chi connectivity index (χ1) is 12.3. The lowest BCUT2D eigenvalue weighted by Gasteiger charge is -2.24. The van der Waals surface area contributed by atoms with Crippen LogP contribution >= 0.6 is 0 Å². The summed E-state index contributed by atoms with van der Waals surface area (Å²) in [5.41, 5.74) is -0.417. The summed E-state index contributed by atoms with van der Waals surface area (Å²) < 4.78 is 7.21. The van der Waals surface area contributed by atoms with Crippen molar-refractivity contribution in [1.29, 1.82) is 0 Å². The zero-order valence-electron chi connectivity index (χ0n) is 15.3. The number of non-ortho nitro benzene ring substituents is 1. The van der Waals surface area contributed by atoms with Crippen molar-refractivity contribution in [3.05, 3.63) is 47.0 Å². The van der Waals surface area contributed by atoms with Crippen LogP contribution in [0.4, 0.5) is 5.69 Å². The lowest BCUT2D eigenvalue weighted by Crippen LogP contribution is -2.31. The normalized spacial score (nSPS) is 12.6. The van der Waals surface area contributed by atoms with E-state index >= 15 is 0 Å². The molecule has 1 atom stereocenters. The number of unbranched alkanes of at least 4 members (excludes halogenated alkanes) is 1. The van der Waals surface area contributed by atoms with E-state index in [0.717, 1.165) is 12.8 Å². The monoisotopic (exact) mass is 360 g/mol. The third-order valence-electron chi connectivity index (χ3n) is 3.99. The fourth-order valence-corrected chi connectivity index (χ4v) is 2.56. The maximum Gasteiger partial charge on any atom is 0.269 e. The quantitative estimate of drug-likeness (QED) is 0.385. The smallest absolute Gasteiger partial charge is 0.269 e. The minimum absolute atomic E-state index is 0.0358. The Hall–Kier alpha value is -2.77. The Kier molecular flexibility index (Phi) is 6.43. The highest BCUT2D eigenvalue weighted by Gasteiger charge is 2.30. The van der Waals surface area contributed by atoms with Crippen LogP contribution < -0.4 is 4.74 Å². The number of hydrogen-bond donors (Lipinski definition) is 0. The summed E-state index contributed by atoms with van der Waals surface area (Å²) in [6.07, 6.45) is 5.21. The molecule has 2 rings (SSSR count). The van der Waals surface area contributed by atoms with Gasteiger partial charge in [0, 0.05) is 17.5 Å². The van der Waals surface area contributed by atoms with Crippen LogP contribution in [-0.4, -0.2) is 32.1 Å². The molecule has 8 nitrogen and oxygen atoms in total. The summed E-state index contributed by atoms with van der Waals surface area (Å²) in [5, 5.41) is 14.7. The van der Waals surface area contributed by atoms with Gasteiger partial charge in [0.2, 0.25) is 0 Å². The number of benzene rings is 1. The predicted octanol–water partition coefficient (Wildman–Crippen LogP) is 3.59. The molecule has 26 heavy (non-hydrogen) atoms. The van der Waals surface area contributed by atoms with E-state index in [1.165, 1.54) is 18.5 Å². The highest BCUT2D eigenvalue weighted by atomic mass is 16.6. The van der Waals surface area contributed by atoms with Gasteiger partial charge in [-0.05, 0) is 31.4 Å². The first-order valence-corrected chi connectivity index (χ1v) is 8.54. The number of nitrogens with zero attached hydrogens (tertiary/aromatic N) is 4. The van der Waals surface area contributed by atoms with Crippen LogP contribution in [0.3, 0.4) is 0 Å². The Morgan fingerprint density at radius 1 is 1.27 bits per heavy atom. The van der Waals surface area contributed by atoms with E-state index in [4.69, 9.17) is 4.74 Å². The number of aromatic nitrogens is 3. The van der Waals surface area contributed by atoms with E-state index in [1.54, 1.807) is 23.1 Å². The summed E-state index contributed by atoms with van der Waals surface area (Å²) in [4.78, 5) is 26.8. The number of Topliss-reactive ketones (excluding diaryl/α,β-unsaturated/α-hetero) is 1. The first-order valence-electron chi connectivity index (χ1n) is 8.54. The van der Waals surface area contributed by atoms with Crippen molar-refractivity contribution in [2.24, 2.45) is 5.41 Å². The van der Waals surface area contributed by atoms with Gasteiger partial charge in [0.1, 0.15) is 24.4 Å². The zero-order valence-corrected chi connectivity index (χ0v) is 15.3. The van der Waals surface area contributed by atoms with Crippen LogP contribution in [0.15, 0.2) is 36.9 Å². The average Bonchev–Trinajstić information content (AvgIpc) is 3.11. The second-order valence-corrected chi connectivity index (χ2v) is 7.10. The summed E-state index contributed by atoms with van der Waals surface area (Å²) in [6, 6.07) is 5.66. The molecule has 8 heteroatoms. The molecule has 0 aliphatic carbocycles. The molecule has 1 aromatic carbocycles. The number of ketones is 1. The molecule has 2 aromatic rings. The molecular formula is C18H24N4O4. The number of ether oxygens (including phenoxy) is 1. The molecule has 1 aromatic heterocycles. The molecule has 0 fully saturated rings. The van der Waals surface area contributed by atoms with E-state index in [0.29, 0.717) is 18.8 Å². The van der Waals surface area contributed by atoms with Gasteiger partial charge in [-0.3, -0.25) is 14.9 Å². The number of hydrogen-bond acceptors (Lipinski definition) is 6. The maximum atomic E-state index is 12.7. The Bertz CT molecular complexity index is 721. The lowest BCUT2D eigenvalue weighted by molar-refractivity contribution is -0.384. The SMILES string of the molecule is CC(C)(C)C(=O)C(CCCCOc1ccc([N+](=O)[O-])cc1)n1cncn1. The standard InChI is InChI=1S/C18H24N4O4/c1-18(2,3)17(23)16(21-13-19-12-20-21)6-4-5-11-26-15-9-7-14(8-10-15)22(24)25/h7-10,12-13,16H,4-6,11H2,1-3H3. The van der Waals surface area contributed by atoms with Gasteiger partial charge in [-0.1, -0.05) is 20.8 Å². The van der Waals surface area contributed by atoms with E-state index < -0.39 is 10.3 Å². The van der Waals surface area contributed by atoms with Crippen LogP contribution in [0.2, 0.25) is 0 Å². The topological polar surface area (TPSA) is 100 Å². The highest BCUT2D eigenvalue weighted by Crippen LogP contribution is 2.26. The van der Waals surface area contributed by atoms with Crippen LogP contribution in [0, 0.1) is 15.5 Å². The molecule has 140 valence electrons. The van der Waals surface area contributed by atoms with Crippen LogP contribution in [0.25, 0.3) is 0 Å². The number of carbonyl (C=O) groups is 1. The molecule has 0 bridgehead atoms. The summed E-state index contributed by atoms with van der Waals surface area (Å²) in [5.74, 6) is 0.716. The number of nitro groups is 1. The summed E-state index contributed by atoms with van der Waals surface area (Å²) >= 11 is 0. The first kappa shape index (κ1) is 19.6. The van der Waals surface area contributed by atoms with Crippen molar-refractivity contribution >= 4 is 11.5 Å². The molecule has 0 spiro atoms. The van der Waals surface area contributed by atoms with Gasteiger partial charge < -0.3 is 4.74 Å². The minimum atomic E-state index is -0.453. The molecule has 1 heterocycles. The van der Waals surface area contributed by atoms with E-state index in [-0.39, 0.29) is 17.5 Å². The molecule has 1 unspecified atom stereocenters. The van der Waals surface area contributed by atoms with Gasteiger partial charge in [0.05, 0.1) is 11.5 Å². The Morgan fingerprint density at radius 2 is 1.96 bits per heavy atom. The molecule has 0 N–H and O–H groups in total.